The number of hydrogen-bond acceptors (Lipinski definition) is 4. The summed E-state index contributed by atoms with van der Waals surface area (Å²) in [5, 5.41) is 7.56. The van der Waals surface area contributed by atoms with E-state index in [9.17, 15) is 4.79 Å². The number of nitrogens with zero attached hydrogens (tertiary/aromatic N) is 2. The number of hydrogen-bond donors (Lipinski definition) is 1. The fraction of sp³-hybridized carbons (Fsp3) is 0.750. The Bertz CT molecular complexity index is 486. The Morgan fingerprint density at radius 1 is 1.27 bits per heavy atom. The van der Waals surface area contributed by atoms with Crippen LogP contribution in [0.3, 0.4) is 0 Å². The van der Waals surface area contributed by atoms with Crippen LogP contribution in [0.15, 0.2) is 4.52 Å². The molecule has 2 heterocycles. The molecule has 6 heteroatoms. The lowest BCUT2D eigenvalue weighted by molar-refractivity contribution is -0.131. The summed E-state index contributed by atoms with van der Waals surface area (Å²) in [6.07, 6.45) is 5.34. The number of carbonyl (C=O) groups excluding carboxylic acids is 1. The van der Waals surface area contributed by atoms with Crippen LogP contribution >= 0.6 is 12.4 Å². The van der Waals surface area contributed by atoms with Crippen LogP contribution in [-0.2, 0) is 11.2 Å². The second kappa shape index (κ2) is 7.47. The first-order chi connectivity index (χ1) is 10.1. The van der Waals surface area contributed by atoms with Crippen LogP contribution in [0.5, 0.6) is 0 Å². The van der Waals surface area contributed by atoms with Crippen LogP contribution in [0.25, 0.3) is 0 Å². The average Bonchev–Trinajstić information content (AvgIpc) is 3.27. The van der Waals surface area contributed by atoms with Crippen molar-refractivity contribution in [3.8, 4) is 0 Å². The van der Waals surface area contributed by atoms with Gasteiger partial charge in [-0.1, -0.05) is 5.16 Å². The molecule has 1 saturated heterocycles. The number of halogens is 1. The van der Waals surface area contributed by atoms with Gasteiger partial charge in [-0.3, -0.25) is 4.79 Å². The van der Waals surface area contributed by atoms with E-state index in [0.29, 0.717) is 12.5 Å². The van der Waals surface area contributed by atoms with Crippen molar-refractivity contribution in [3.63, 3.8) is 0 Å². The van der Waals surface area contributed by atoms with E-state index in [0.717, 1.165) is 55.4 Å². The molecule has 2 aliphatic rings. The van der Waals surface area contributed by atoms with Crippen molar-refractivity contribution < 1.29 is 9.32 Å². The minimum absolute atomic E-state index is 0. The van der Waals surface area contributed by atoms with Gasteiger partial charge in [-0.15, -0.1) is 12.4 Å². The normalized spacial score (nSPS) is 19.1. The summed E-state index contributed by atoms with van der Waals surface area (Å²) in [5.74, 6) is 1.89. The summed E-state index contributed by atoms with van der Waals surface area (Å²) in [7, 11) is 0. The number of piperidine rings is 1. The molecule has 0 atom stereocenters. The lowest BCUT2D eigenvalue weighted by atomic mass is 10.0. The molecular weight excluding hydrogens is 302 g/mol. The minimum atomic E-state index is 0. The van der Waals surface area contributed by atoms with Gasteiger partial charge < -0.3 is 14.7 Å². The lowest BCUT2D eigenvalue weighted by Crippen LogP contribution is -2.45. The number of nitrogens with one attached hydrogen (secondary N) is 1. The summed E-state index contributed by atoms with van der Waals surface area (Å²) in [4.78, 5) is 14.4. The molecule has 0 spiro atoms. The third-order valence-corrected chi connectivity index (χ3v) is 4.75. The van der Waals surface area contributed by atoms with E-state index >= 15 is 0 Å². The summed E-state index contributed by atoms with van der Waals surface area (Å²) in [5.41, 5.74) is 1.79. The van der Waals surface area contributed by atoms with Crippen LogP contribution in [-0.4, -0.2) is 41.6 Å². The Hall–Kier alpha value is -1.07. The molecule has 1 aromatic heterocycles. The third kappa shape index (κ3) is 4.23. The summed E-state index contributed by atoms with van der Waals surface area (Å²) in [6.45, 7) is 6.66. The van der Waals surface area contributed by atoms with Gasteiger partial charge >= 0.3 is 0 Å². The van der Waals surface area contributed by atoms with Crippen molar-refractivity contribution in [3.05, 3.63) is 17.0 Å². The zero-order valence-electron chi connectivity index (χ0n) is 13.4. The van der Waals surface area contributed by atoms with Crippen LogP contribution in [0, 0.1) is 19.8 Å². The fourth-order valence-electron chi connectivity index (χ4n) is 3.01. The molecular formula is C16H26ClN3O2. The quantitative estimate of drug-likeness (QED) is 0.901. The highest BCUT2D eigenvalue weighted by atomic mass is 35.5. The van der Waals surface area contributed by atoms with Crippen LogP contribution in [0.2, 0.25) is 0 Å². The van der Waals surface area contributed by atoms with E-state index < -0.39 is 0 Å². The molecule has 1 N–H and O–H groups in total. The molecule has 0 bridgehead atoms. The van der Waals surface area contributed by atoms with Crippen LogP contribution in [0.4, 0.5) is 0 Å². The van der Waals surface area contributed by atoms with Gasteiger partial charge in [-0.2, -0.15) is 0 Å². The predicted octanol–water partition coefficient (Wildman–Crippen LogP) is 2.25. The van der Waals surface area contributed by atoms with Crippen molar-refractivity contribution in [2.45, 2.75) is 52.0 Å². The standard InChI is InChI=1S/C16H25N3O2.ClH/c1-11-15(12(2)21-18-11)9-16(20)19-7-5-14(6-8-19)17-10-13-3-4-13;/h13-14,17H,3-10H2,1-2H3;1H. The maximum absolute atomic E-state index is 12.4. The fourth-order valence-corrected chi connectivity index (χ4v) is 3.01. The maximum atomic E-state index is 12.4. The number of aryl methyl sites for hydroxylation is 2. The molecule has 1 aromatic rings. The molecule has 2 fully saturated rings. The third-order valence-electron chi connectivity index (χ3n) is 4.75. The number of amides is 1. The molecule has 22 heavy (non-hydrogen) atoms. The second-order valence-electron chi connectivity index (χ2n) is 6.49. The van der Waals surface area contributed by atoms with Gasteiger partial charge in [0.2, 0.25) is 5.91 Å². The topological polar surface area (TPSA) is 58.4 Å². The van der Waals surface area contributed by atoms with Crippen molar-refractivity contribution in [1.29, 1.82) is 0 Å². The summed E-state index contributed by atoms with van der Waals surface area (Å²) >= 11 is 0. The molecule has 0 unspecified atom stereocenters. The molecule has 1 aliphatic heterocycles. The lowest BCUT2D eigenvalue weighted by Gasteiger charge is -2.32. The van der Waals surface area contributed by atoms with E-state index in [-0.39, 0.29) is 18.3 Å². The predicted molar refractivity (Wildman–Crippen MR) is 87.3 cm³/mol. The van der Waals surface area contributed by atoms with Gasteiger partial charge in [0.05, 0.1) is 12.1 Å². The first kappa shape index (κ1) is 17.3. The van der Waals surface area contributed by atoms with Crippen molar-refractivity contribution in [1.82, 2.24) is 15.4 Å². The van der Waals surface area contributed by atoms with E-state index in [4.69, 9.17) is 4.52 Å². The van der Waals surface area contributed by atoms with Crippen LogP contribution < -0.4 is 5.32 Å². The monoisotopic (exact) mass is 327 g/mol. The molecule has 1 amide bonds. The Kier molecular flexibility index (Phi) is 5.87. The molecule has 3 rings (SSSR count). The SMILES string of the molecule is Cc1noc(C)c1CC(=O)N1CCC(NCC2CC2)CC1.Cl. The first-order valence-corrected chi connectivity index (χ1v) is 8.06. The zero-order chi connectivity index (χ0) is 14.8. The highest BCUT2D eigenvalue weighted by Gasteiger charge is 2.26. The second-order valence-corrected chi connectivity index (χ2v) is 6.49. The van der Waals surface area contributed by atoms with Crippen molar-refractivity contribution in [2.24, 2.45) is 5.92 Å². The average molecular weight is 328 g/mol. The smallest absolute Gasteiger partial charge is 0.227 e. The molecule has 1 saturated carbocycles. The number of aromatic nitrogens is 1. The molecule has 1 aliphatic carbocycles. The molecule has 0 radical (unpaired) electrons. The van der Waals surface area contributed by atoms with Gasteiger partial charge in [-0.05, 0) is 52.0 Å². The van der Waals surface area contributed by atoms with Gasteiger partial charge in [-0.25, -0.2) is 0 Å². The van der Waals surface area contributed by atoms with Gasteiger partial charge in [0, 0.05) is 24.7 Å². The summed E-state index contributed by atoms with van der Waals surface area (Å²) < 4.78 is 5.13. The highest BCUT2D eigenvalue weighted by molar-refractivity contribution is 5.85. The van der Waals surface area contributed by atoms with Gasteiger partial charge in [0.25, 0.3) is 0 Å². The molecule has 0 aromatic carbocycles. The van der Waals surface area contributed by atoms with Gasteiger partial charge in [0.15, 0.2) is 0 Å². The zero-order valence-corrected chi connectivity index (χ0v) is 14.2. The maximum Gasteiger partial charge on any atom is 0.227 e. The Morgan fingerprint density at radius 3 is 2.50 bits per heavy atom. The molecule has 5 nitrogen and oxygen atoms in total. The number of carbonyl (C=O) groups is 1. The van der Waals surface area contributed by atoms with Crippen LogP contribution in [0.1, 0.15) is 42.7 Å². The van der Waals surface area contributed by atoms with Crippen molar-refractivity contribution >= 4 is 18.3 Å². The summed E-state index contributed by atoms with van der Waals surface area (Å²) in [6, 6.07) is 0.591. The van der Waals surface area contributed by atoms with E-state index in [1.54, 1.807) is 0 Å². The van der Waals surface area contributed by atoms with E-state index in [2.05, 4.69) is 10.5 Å². The molecule has 124 valence electrons. The minimum Gasteiger partial charge on any atom is -0.361 e. The highest BCUT2D eigenvalue weighted by Crippen LogP contribution is 2.28. The Balaban J connectivity index is 0.00000176. The largest absolute Gasteiger partial charge is 0.361 e. The number of likely N-dealkylation sites (tertiary alicyclic amines) is 1. The Labute approximate surface area is 138 Å². The van der Waals surface area contributed by atoms with Crippen molar-refractivity contribution in [2.75, 3.05) is 19.6 Å². The van der Waals surface area contributed by atoms with Gasteiger partial charge in [0.1, 0.15) is 5.76 Å². The van der Waals surface area contributed by atoms with E-state index in [1.807, 2.05) is 18.7 Å². The van der Waals surface area contributed by atoms with E-state index in [1.165, 1.54) is 12.8 Å². The Morgan fingerprint density at radius 2 is 1.95 bits per heavy atom. The number of rotatable bonds is 5. The first-order valence-electron chi connectivity index (χ1n) is 8.06.